The monoisotopic (exact) mass is 382 g/mol. The van der Waals surface area contributed by atoms with Gasteiger partial charge in [-0.1, -0.05) is 19.1 Å². The summed E-state index contributed by atoms with van der Waals surface area (Å²) in [7, 11) is 0. The molecule has 6 heteroatoms. The number of amides is 2. The molecule has 0 unspecified atom stereocenters. The van der Waals surface area contributed by atoms with Crippen molar-refractivity contribution in [3.05, 3.63) is 59.9 Å². The molecule has 6 nitrogen and oxygen atoms in total. The number of pyridine rings is 1. The summed E-state index contributed by atoms with van der Waals surface area (Å²) in [6, 6.07) is 12.1. The van der Waals surface area contributed by atoms with E-state index in [9.17, 15) is 4.79 Å². The number of hydrogen-bond donors (Lipinski definition) is 1. The Kier molecular flexibility index (Phi) is 7.39. The number of hydrogen-bond acceptors (Lipinski definition) is 4. The van der Waals surface area contributed by atoms with Crippen LogP contribution in [0.1, 0.15) is 31.4 Å². The molecule has 1 saturated heterocycles. The molecule has 1 fully saturated rings. The first-order valence-corrected chi connectivity index (χ1v) is 10.0. The lowest BCUT2D eigenvalue weighted by atomic mass is 10.1. The van der Waals surface area contributed by atoms with Crippen LogP contribution >= 0.6 is 0 Å². The highest BCUT2D eigenvalue weighted by atomic mass is 16.5. The van der Waals surface area contributed by atoms with Crippen LogP contribution in [0.25, 0.3) is 0 Å². The number of carbonyl (C=O) groups excluding carboxylic acids is 1. The Morgan fingerprint density at radius 3 is 2.46 bits per heavy atom. The summed E-state index contributed by atoms with van der Waals surface area (Å²) in [6.07, 6.45) is 4.42. The van der Waals surface area contributed by atoms with Crippen LogP contribution in [0.2, 0.25) is 0 Å². The first-order chi connectivity index (χ1) is 13.7. The summed E-state index contributed by atoms with van der Waals surface area (Å²) in [5.74, 6) is 0. The molecule has 1 aromatic heterocycles. The van der Waals surface area contributed by atoms with E-state index in [1.807, 2.05) is 29.2 Å². The molecule has 0 spiro atoms. The summed E-state index contributed by atoms with van der Waals surface area (Å²) in [4.78, 5) is 21.2. The minimum absolute atomic E-state index is 0.0768. The van der Waals surface area contributed by atoms with Crippen LogP contribution in [-0.2, 0) is 17.8 Å². The highest BCUT2D eigenvalue weighted by Gasteiger charge is 2.19. The van der Waals surface area contributed by atoms with E-state index in [-0.39, 0.29) is 12.1 Å². The van der Waals surface area contributed by atoms with Crippen molar-refractivity contribution in [1.29, 1.82) is 0 Å². The van der Waals surface area contributed by atoms with E-state index in [0.29, 0.717) is 6.54 Å². The van der Waals surface area contributed by atoms with Gasteiger partial charge in [0.15, 0.2) is 0 Å². The zero-order chi connectivity index (χ0) is 19.8. The fourth-order valence-electron chi connectivity index (χ4n) is 3.24. The minimum atomic E-state index is -0.0768. The third-order valence-corrected chi connectivity index (χ3v) is 5.20. The van der Waals surface area contributed by atoms with Crippen molar-refractivity contribution in [3.63, 3.8) is 0 Å². The standard InChI is InChI=1S/C22H30N4O2/c1-3-18(2)26(17-20-8-10-23-11-9-20)22(27)24-21-6-4-19(5-7-21)16-25-12-14-28-15-13-25/h4-11,18H,3,12-17H2,1-2H3,(H,24,27)/t18-/m1/s1. The number of morpholine rings is 1. The molecular formula is C22H30N4O2. The number of carbonyl (C=O) groups is 1. The first kappa shape index (κ1) is 20.3. The van der Waals surface area contributed by atoms with Gasteiger partial charge in [-0.2, -0.15) is 0 Å². The number of nitrogens with one attached hydrogen (secondary N) is 1. The van der Waals surface area contributed by atoms with Gasteiger partial charge in [-0.25, -0.2) is 4.79 Å². The van der Waals surface area contributed by atoms with Crippen molar-refractivity contribution in [2.75, 3.05) is 31.6 Å². The van der Waals surface area contributed by atoms with E-state index >= 15 is 0 Å². The Bertz CT molecular complexity index is 730. The average Bonchev–Trinajstić information content (AvgIpc) is 2.74. The zero-order valence-corrected chi connectivity index (χ0v) is 16.8. The fraction of sp³-hybridized carbons (Fsp3) is 0.455. The molecule has 0 saturated carbocycles. The van der Waals surface area contributed by atoms with Gasteiger partial charge in [0.2, 0.25) is 0 Å². The van der Waals surface area contributed by atoms with Crippen LogP contribution in [0.3, 0.4) is 0 Å². The first-order valence-electron chi connectivity index (χ1n) is 10.0. The van der Waals surface area contributed by atoms with E-state index in [2.05, 4.69) is 41.2 Å². The lowest BCUT2D eigenvalue weighted by molar-refractivity contribution is 0.0342. The SMILES string of the molecule is CC[C@@H](C)N(Cc1ccncc1)C(=O)Nc1ccc(CN2CCOCC2)cc1. The van der Waals surface area contributed by atoms with Crippen LogP contribution < -0.4 is 5.32 Å². The summed E-state index contributed by atoms with van der Waals surface area (Å²) < 4.78 is 5.40. The van der Waals surface area contributed by atoms with Gasteiger partial charge in [-0.3, -0.25) is 9.88 Å². The molecule has 0 aliphatic carbocycles. The zero-order valence-electron chi connectivity index (χ0n) is 16.8. The topological polar surface area (TPSA) is 57.7 Å². The fourth-order valence-corrected chi connectivity index (χ4v) is 3.24. The van der Waals surface area contributed by atoms with Crippen molar-refractivity contribution in [1.82, 2.24) is 14.8 Å². The number of aromatic nitrogens is 1. The van der Waals surface area contributed by atoms with Gasteiger partial charge < -0.3 is 15.0 Å². The van der Waals surface area contributed by atoms with E-state index in [0.717, 1.165) is 50.5 Å². The Hall–Kier alpha value is -2.44. The average molecular weight is 383 g/mol. The summed E-state index contributed by atoms with van der Waals surface area (Å²) in [6.45, 7) is 9.20. The van der Waals surface area contributed by atoms with Crippen molar-refractivity contribution >= 4 is 11.7 Å². The third kappa shape index (κ3) is 5.78. The maximum atomic E-state index is 12.9. The van der Waals surface area contributed by atoms with Crippen molar-refractivity contribution in [3.8, 4) is 0 Å². The minimum Gasteiger partial charge on any atom is -0.379 e. The molecule has 2 aromatic rings. The number of anilines is 1. The van der Waals surface area contributed by atoms with Crippen LogP contribution in [0.4, 0.5) is 10.5 Å². The van der Waals surface area contributed by atoms with Gasteiger partial charge in [-0.15, -0.1) is 0 Å². The second-order valence-electron chi connectivity index (χ2n) is 7.26. The van der Waals surface area contributed by atoms with Gasteiger partial charge in [0.05, 0.1) is 13.2 Å². The molecule has 1 aliphatic rings. The molecule has 150 valence electrons. The van der Waals surface area contributed by atoms with Gasteiger partial charge in [0, 0.05) is 50.3 Å². The predicted molar refractivity (Wildman–Crippen MR) is 111 cm³/mol. The van der Waals surface area contributed by atoms with Crippen molar-refractivity contribution in [2.24, 2.45) is 0 Å². The summed E-state index contributed by atoms with van der Waals surface area (Å²) in [5, 5.41) is 3.05. The molecule has 1 atom stereocenters. The van der Waals surface area contributed by atoms with Gasteiger partial charge in [0.1, 0.15) is 0 Å². The Balaban J connectivity index is 1.60. The number of rotatable bonds is 7. The number of benzene rings is 1. The Morgan fingerprint density at radius 2 is 1.82 bits per heavy atom. The normalized spacial score (nSPS) is 15.8. The number of nitrogens with zero attached hydrogens (tertiary/aromatic N) is 3. The molecule has 0 bridgehead atoms. The van der Waals surface area contributed by atoms with Crippen LogP contribution in [0.15, 0.2) is 48.8 Å². The van der Waals surface area contributed by atoms with E-state index in [4.69, 9.17) is 4.74 Å². The van der Waals surface area contributed by atoms with E-state index < -0.39 is 0 Å². The molecule has 1 aliphatic heterocycles. The van der Waals surface area contributed by atoms with E-state index in [1.165, 1.54) is 5.56 Å². The molecular weight excluding hydrogens is 352 g/mol. The third-order valence-electron chi connectivity index (χ3n) is 5.20. The van der Waals surface area contributed by atoms with Crippen molar-refractivity contribution in [2.45, 2.75) is 39.4 Å². The maximum absolute atomic E-state index is 12.9. The Morgan fingerprint density at radius 1 is 1.14 bits per heavy atom. The number of ether oxygens (including phenoxy) is 1. The second kappa shape index (κ2) is 10.2. The maximum Gasteiger partial charge on any atom is 0.322 e. The second-order valence-corrected chi connectivity index (χ2v) is 7.26. The molecule has 3 rings (SSSR count). The number of urea groups is 1. The van der Waals surface area contributed by atoms with Gasteiger partial charge in [-0.05, 0) is 48.7 Å². The van der Waals surface area contributed by atoms with E-state index in [1.54, 1.807) is 12.4 Å². The van der Waals surface area contributed by atoms with Gasteiger partial charge in [0.25, 0.3) is 0 Å². The summed E-state index contributed by atoms with van der Waals surface area (Å²) in [5.41, 5.74) is 3.14. The molecule has 2 heterocycles. The highest BCUT2D eigenvalue weighted by Crippen LogP contribution is 2.16. The lowest BCUT2D eigenvalue weighted by Gasteiger charge is -2.29. The van der Waals surface area contributed by atoms with Gasteiger partial charge >= 0.3 is 6.03 Å². The lowest BCUT2D eigenvalue weighted by Crippen LogP contribution is -2.40. The molecule has 1 aromatic carbocycles. The largest absolute Gasteiger partial charge is 0.379 e. The quantitative estimate of drug-likeness (QED) is 0.792. The molecule has 0 radical (unpaired) electrons. The van der Waals surface area contributed by atoms with Crippen LogP contribution in [0.5, 0.6) is 0 Å². The highest BCUT2D eigenvalue weighted by molar-refractivity contribution is 5.89. The van der Waals surface area contributed by atoms with Crippen LogP contribution in [-0.4, -0.2) is 53.2 Å². The molecule has 2 amide bonds. The smallest absolute Gasteiger partial charge is 0.322 e. The summed E-state index contributed by atoms with van der Waals surface area (Å²) >= 11 is 0. The Labute approximate surface area is 167 Å². The molecule has 28 heavy (non-hydrogen) atoms. The van der Waals surface area contributed by atoms with Crippen LogP contribution in [0, 0.1) is 0 Å². The predicted octanol–water partition coefficient (Wildman–Crippen LogP) is 3.75. The van der Waals surface area contributed by atoms with Crippen molar-refractivity contribution < 1.29 is 9.53 Å². The molecule has 1 N–H and O–H groups in total.